The first-order valence-electron chi connectivity index (χ1n) is 26.7. The van der Waals surface area contributed by atoms with Crippen LogP contribution in [-0.2, 0) is 22.9 Å². The molecule has 0 radical (unpaired) electrons. The number of fused-ring (bicyclic) bond motifs is 10. The second-order valence-electron chi connectivity index (χ2n) is 22.8. The van der Waals surface area contributed by atoms with Crippen LogP contribution < -0.4 is 9.64 Å². The average Bonchev–Trinajstić information content (AvgIpc) is 3.98. The van der Waals surface area contributed by atoms with Gasteiger partial charge in [-0.1, -0.05) is 177 Å². The van der Waals surface area contributed by atoms with Crippen LogP contribution in [0, 0.1) is 6.85 Å². The molecule has 11 aromatic rings. The summed E-state index contributed by atoms with van der Waals surface area (Å²) in [6, 6.07) is 62.5. The highest BCUT2D eigenvalue weighted by atomic mass is 16.5. The Morgan fingerprint density at radius 2 is 1.10 bits per heavy atom. The molecule has 0 saturated carbocycles. The highest BCUT2D eigenvalue weighted by Crippen LogP contribution is 2.46. The van der Waals surface area contributed by atoms with Crippen LogP contribution in [0.2, 0.25) is 0 Å². The number of aryl methyl sites for hydroxylation is 1. The SMILES string of the molecule is [2H]C([2H])([2H])c1cc(-c2cccc3c4ccc(C(C)(C)C)cc4c4ccccc4c4cccc5c4n(c23)CN5c2cccc(Oc3ccc4c5ccccc5n(-c5cc(C(C)(C)C)ccn5)c4c3)c2)cc(C(C)(C)C)c1. The summed E-state index contributed by atoms with van der Waals surface area (Å²) < 4.78 is 37.7. The van der Waals surface area contributed by atoms with Gasteiger partial charge in [0.25, 0.3) is 0 Å². The highest BCUT2D eigenvalue weighted by Gasteiger charge is 2.27. The van der Waals surface area contributed by atoms with Crippen molar-refractivity contribution in [1.82, 2.24) is 14.1 Å². The second-order valence-corrected chi connectivity index (χ2v) is 22.8. The maximum atomic E-state index is 8.68. The Labute approximate surface area is 427 Å². The maximum absolute atomic E-state index is 8.68. The van der Waals surface area contributed by atoms with Crippen molar-refractivity contribution in [3.63, 3.8) is 0 Å². The van der Waals surface area contributed by atoms with Crippen LogP contribution in [0.4, 0.5) is 11.4 Å². The Morgan fingerprint density at radius 1 is 0.472 bits per heavy atom. The number of benzene rings is 8. The van der Waals surface area contributed by atoms with Crippen LogP contribution >= 0.6 is 0 Å². The fraction of sp³-hybridized carbons (Fsp3) is 0.209. The third-order valence-electron chi connectivity index (χ3n) is 14.8. The lowest BCUT2D eigenvalue weighted by molar-refractivity contribution is 0.483. The van der Waals surface area contributed by atoms with E-state index in [2.05, 4.69) is 234 Å². The molecule has 5 heteroatoms. The van der Waals surface area contributed by atoms with Gasteiger partial charge in [-0.05, 0) is 121 Å². The number of rotatable bonds is 5. The molecule has 0 saturated heterocycles. The number of para-hydroxylation sites is 3. The molecule has 0 N–H and O–H groups in total. The summed E-state index contributed by atoms with van der Waals surface area (Å²) in [6.07, 6.45) is 1.91. The van der Waals surface area contributed by atoms with Gasteiger partial charge >= 0.3 is 0 Å². The van der Waals surface area contributed by atoms with Crippen molar-refractivity contribution in [2.45, 2.75) is 92.1 Å². The van der Waals surface area contributed by atoms with Crippen LogP contribution in [0.1, 0.15) is 88.7 Å². The lowest BCUT2D eigenvalue weighted by Crippen LogP contribution is -2.15. The largest absolute Gasteiger partial charge is 0.457 e. The number of ether oxygens (including phenoxy) is 1. The van der Waals surface area contributed by atoms with Gasteiger partial charge in [-0.3, -0.25) is 4.57 Å². The Bertz CT molecular complexity index is 4160. The number of anilines is 2. The van der Waals surface area contributed by atoms with E-state index in [0.717, 1.165) is 105 Å². The summed E-state index contributed by atoms with van der Waals surface area (Å²) in [5.41, 5.74) is 11.4. The molecule has 3 aromatic heterocycles. The van der Waals surface area contributed by atoms with Crippen LogP contribution in [-0.4, -0.2) is 14.1 Å². The molecular weight excluding hydrogens is 877 g/mol. The minimum atomic E-state index is -2.30. The molecule has 1 aliphatic rings. The molecule has 356 valence electrons. The minimum absolute atomic E-state index is 0.0405. The average molecular weight is 942 g/mol. The van der Waals surface area contributed by atoms with Crippen molar-refractivity contribution in [1.29, 1.82) is 0 Å². The predicted octanol–water partition coefficient (Wildman–Crippen LogP) is 18.5. The van der Waals surface area contributed by atoms with Crippen molar-refractivity contribution in [3.05, 3.63) is 204 Å². The van der Waals surface area contributed by atoms with Gasteiger partial charge in [0.2, 0.25) is 0 Å². The minimum Gasteiger partial charge on any atom is -0.457 e. The third-order valence-corrected chi connectivity index (χ3v) is 14.8. The van der Waals surface area contributed by atoms with Gasteiger partial charge in [-0.25, -0.2) is 4.98 Å². The Hall–Kier alpha value is -7.89. The smallest absolute Gasteiger partial charge is 0.137 e. The molecule has 72 heavy (non-hydrogen) atoms. The van der Waals surface area contributed by atoms with E-state index in [1.54, 1.807) is 0 Å². The quantitative estimate of drug-likeness (QED) is 0.172. The third kappa shape index (κ3) is 7.65. The summed E-state index contributed by atoms with van der Waals surface area (Å²) in [6.45, 7) is 18.1. The van der Waals surface area contributed by atoms with E-state index in [1.165, 1.54) is 11.1 Å². The van der Waals surface area contributed by atoms with E-state index < -0.39 is 6.85 Å². The molecule has 12 rings (SSSR count). The number of aromatic nitrogens is 3. The van der Waals surface area contributed by atoms with E-state index >= 15 is 0 Å². The van der Waals surface area contributed by atoms with Gasteiger partial charge in [-0.2, -0.15) is 0 Å². The molecular formula is C67H62N4O. The molecule has 0 aliphatic carbocycles. The fourth-order valence-electron chi connectivity index (χ4n) is 11.0. The Morgan fingerprint density at radius 3 is 1.86 bits per heavy atom. The summed E-state index contributed by atoms with van der Waals surface area (Å²) in [4.78, 5) is 7.30. The zero-order valence-corrected chi connectivity index (χ0v) is 42.7. The number of hydrogen-bond donors (Lipinski definition) is 0. The van der Waals surface area contributed by atoms with E-state index in [9.17, 15) is 0 Å². The Balaban J connectivity index is 1.08. The first-order valence-corrected chi connectivity index (χ1v) is 25.2. The van der Waals surface area contributed by atoms with Crippen molar-refractivity contribution < 1.29 is 8.85 Å². The molecule has 0 atom stereocenters. The highest BCUT2D eigenvalue weighted by molar-refractivity contribution is 6.22. The number of hydrogen-bond acceptors (Lipinski definition) is 3. The summed E-state index contributed by atoms with van der Waals surface area (Å²) in [7, 11) is 0. The molecule has 4 heterocycles. The molecule has 8 aromatic carbocycles. The zero-order chi connectivity index (χ0) is 52.3. The normalized spacial score (nSPS) is 13.8. The standard InChI is InChI=1S/C67H62N4O/c1-42-34-43(36-46(35-42)67(8,9)10)50-23-16-24-56-53-30-28-44(65(2,3)4)37-58(53)52-21-12-11-20-51(52)57-25-17-27-60-64(57)70(63(50)56)41-69(60)47-18-15-19-48(39-47)72-49-29-31-55-54-22-13-14-26-59(54)71(61(55)40-49)62-38-45(32-33-68-62)66(5,6)7/h11-40H,41H2,1-10H3/i1D3. The van der Waals surface area contributed by atoms with E-state index in [4.69, 9.17) is 13.8 Å². The topological polar surface area (TPSA) is 35.2 Å². The van der Waals surface area contributed by atoms with Gasteiger partial charge in [0.15, 0.2) is 0 Å². The molecule has 1 aliphatic heterocycles. The van der Waals surface area contributed by atoms with Crippen molar-refractivity contribution in [2.24, 2.45) is 0 Å². The first-order chi connectivity index (χ1) is 35.7. The second kappa shape index (κ2) is 16.6. The van der Waals surface area contributed by atoms with Gasteiger partial charge in [0.1, 0.15) is 24.0 Å². The van der Waals surface area contributed by atoms with E-state index in [1.807, 2.05) is 24.4 Å². The van der Waals surface area contributed by atoms with E-state index in [0.29, 0.717) is 18.0 Å². The lowest BCUT2D eigenvalue weighted by atomic mass is 9.84. The number of pyridine rings is 1. The van der Waals surface area contributed by atoms with Crippen molar-refractivity contribution >= 4 is 76.5 Å². The molecule has 0 unspecified atom stereocenters. The van der Waals surface area contributed by atoms with Crippen LogP contribution in [0.25, 0.3) is 82.1 Å². The first kappa shape index (κ1) is 41.9. The molecule has 0 fully saturated rings. The molecule has 0 spiro atoms. The summed E-state index contributed by atoms with van der Waals surface area (Å²) in [5.74, 6) is 2.31. The molecule has 0 bridgehead atoms. The predicted molar refractivity (Wildman–Crippen MR) is 306 cm³/mol. The van der Waals surface area contributed by atoms with E-state index in [-0.39, 0.29) is 16.2 Å². The zero-order valence-electron chi connectivity index (χ0n) is 45.7. The molecule has 5 nitrogen and oxygen atoms in total. The summed E-state index contributed by atoms with van der Waals surface area (Å²) in [5, 5.41) is 9.06. The monoisotopic (exact) mass is 942 g/mol. The maximum Gasteiger partial charge on any atom is 0.137 e. The van der Waals surface area contributed by atoms with Gasteiger partial charge in [0.05, 0.1) is 27.8 Å². The Kier molecular flexibility index (Phi) is 9.65. The van der Waals surface area contributed by atoms with Crippen LogP contribution in [0.5, 0.6) is 11.5 Å². The molecule has 0 amide bonds. The van der Waals surface area contributed by atoms with Crippen LogP contribution in [0.15, 0.2) is 182 Å². The van der Waals surface area contributed by atoms with Gasteiger partial charge in [0, 0.05) is 55.2 Å². The van der Waals surface area contributed by atoms with Gasteiger partial charge < -0.3 is 14.2 Å². The lowest BCUT2D eigenvalue weighted by Gasteiger charge is -2.23. The van der Waals surface area contributed by atoms with Crippen molar-refractivity contribution in [3.8, 4) is 28.4 Å². The van der Waals surface area contributed by atoms with Crippen molar-refractivity contribution in [2.75, 3.05) is 4.90 Å². The number of nitrogens with zero attached hydrogens (tertiary/aromatic N) is 4. The fourth-order valence-corrected chi connectivity index (χ4v) is 11.0. The summed E-state index contributed by atoms with van der Waals surface area (Å²) >= 11 is 0. The van der Waals surface area contributed by atoms with Gasteiger partial charge in [-0.15, -0.1) is 0 Å². The van der Waals surface area contributed by atoms with Crippen LogP contribution in [0.3, 0.4) is 0 Å².